The van der Waals surface area contributed by atoms with Gasteiger partial charge >= 0.3 is 0 Å². The number of benzene rings is 2. The highest BCUT2D eigenvalue weighted by atomic mass is 32.2. The van der Waals surface area contributed by atoms with Crippen LogP contribution < -0.4 is 20.5 Å². The van der Waals surface area contributed by atoms with Crippen LogP contribution in [0.25, 0.3) is 16.6 Å². The van der Waals surface area contributed by atoms with Crippen LogP contribution in [-0.4, -0.2) is 34.1 Å². The second-order valence-corrected chi connectivity index (χ2v) is 9.24. The molecule has 0 aliphatic rings. The molecule has 0 saturated carbocycles. The van der Waals surface area contributed by atoms with E-state index in [1.54, 1.807) is 49.0 Å². The van der Waals surface area contributed by atoms with Crippen molar-refractivity contribution >= 4 is 28.5 Å². The quantitative estimate of drug-likeness (QED) is 0.258. The summed E-state index contributed by atoms with van der Waals surface area (Å²) >= 11 is 1.59. The van der Waals surface area contributed by atoms with E-state index in [2.05, 4.69) is 29.1 Å². The zero-order valence-electron chi connectivity index (χ0n) is 19.7. The van der Waals surface area contributed by atoms with Crippen molar-refractivity contribution in [3.8, 4) is 11.4 Å². The van der Waals surface area contributed by atoms with Gasteiger partial charge in [0.15, 0.2) is 0 Å². The lowest BCUT2D eigenvalue weighted by Crippen LogP contribution is -2.34. The predicted molar refractivity (Wildman–Crippen MR) is 136 cm³/mol. The summed E-state index contributed by atoms with van der Waals surface area (Å²) in [6.45, 7) is 4.88. The van der Waals surface area contributed by atoms with Gasteiger partial charge in [0.1, 0.15) is 12.4 Å². The summed E-state index contributed by atoms with van der Waals surface area (Å²) < 4.78 is 13.0. The monoisotopic (exact) mass is 479 g/mol. The van der Waals surface area contributed by atoms with Crippen molar-refractivity contribution in [3.05, 3.63) is 77.3 Å². The first-order chi connectivity index (χ1) is 16.4. The third kappa shape index (κ3) is 5.61. The van der Waals surface area contributed by atoms with Crippen LogP contribution in [0.4, 0.5) is 5.69 Å². The van der Waals surface area contributed by atoms with Gasteiger partial charge in [0.2, 0.25) is 5.56 Å². The Kier molecular flexibility index (Phi) is 7.56. The van der Waals surface area contributed by atoms with Gasteiger partial charge in [0.05, 0.1) is 36.2 Å². The fraction of sp³-hybridized carbons (Fsp3) is 0.280. The van der Waals surface area contributed by atoms with Gasteiger partial charge < -0.3 is 9.30 Å². The van der Waals surface area contributed by atoms with E-state index < -0.39 is 0 Å². The van der Waals surface area contributed by atoms with Crippen LogP contribution in [0.2, 0.25) is 0 Å². The summed E-state index contributed by atoms with van der Waals surface area (Å²) in [5.41, 5.74) is 5.45. The van der Waals surface area contributed by atoms with Gasteiger partial charge in [0, 0.05) is 29.6 Å². The first-order valence-corrected chi connectivity index (χ1v) is 11.9. The number of pyridine rings is 1. The fourth-order valence-electron chi connectivity index (χ4n) is 3.41. The average molecular weight is 480 g/mol. The molecule has 0 radical (unpaired) electrons. The third-order valence-electron chi connectivity index (χ3n) is 5.49. The molecule has 0 aliphatic carbocycles. The number of aromatic nitrogens is 3. The second kappa shape index (κ2) is 10.8. The first kappa shape index (κ1) is 23.9. The molecule has 0 spiro atoms. The molecule has 0 bridgehead atoms. The highest BCUT2D eigenvalue weighted by Gasteiger charge is 2.15. The Labute approximate surface area is 203 Å². The number of ether oxygens (including phenoxy) is 1. The van der Waals surface area contributed by atoms with Gasteiger partial charge in [-0.1, -0.05) is 13.8 Å². The van der Waals surface area contributed by atoms with Crippen molar-refractivity contribution in [2.24, 2.45) is 13.0 Å². The molecule has 4 rings (SSSR count). The molecule has 1 atom stereocenters. The normalized spacial score (nSPS) is 12.3. The first-order valence-electron chi connectivity index (χ1n) is 11.0. The second-order valence-electron chi connectivity index (χ2n) is 8.33. The van der Waals surface area contributed by atoms with Crippen LogP contribution in [0.1, 0.15) is 13.8 Å². The maximum atomic E-state index is 11.7. The Hall–Kier alpha value is -3.27. The minimum atomic E-state index is -0.0532. The molecule has 9 heteroatoms. The van der Waals surface area contributed by atoms with Crippen molar-refractivity contribution in [2.45, 2.75) is 24.8 Å². The summed E-state index contributed by atoms with van der Waals surface area (Å²) in [4.78, 5) is 17.7. The topological polar surface area (TPSA) is 82.3 Å². The Morgan fingerprint density at radius 1 is 1.09 bits per heavy atom. The molecule has 2 N–H and O–H groups in total. The van der Waals surface area contributed by atoms with E-state index >= 15 is 0 Å². The third-order valence-corrected chi connectivity index (χ3v) is 6.42. The lowest BCUT2D eigenvalue weighted by molar-refractivity contribution is 0.251. The number of anilines is 1. The summed E-state index contributed by atoms with van der Waals surface area (Å²) in [5.74, 6) is 1.18. The largest absolute Gasteiger partial charge is 0.492 e. The van der Waals surface area contributed by atoms with Crippen molar-refractivity contribution in [1.29, 1.82) is 0 Å². The maximum Gasteiger partial charge on any atom is 0.250 e. The fourth-order valence-corrected chi connectivity index (χ4v) is 4.31. The molecular formula is C25H29N5O3S. The number of aryl methyl sites for hydroxylation is 1. The van der Waals surface area contributed by atoms with E-state index in [0.717, 1.165) is 32.9 Å². The summed E-state index contributed by atoms with van der Waals surface area (Å²) in [5, 5.41) is 5.47. The van der Waals surface area contributed by atoms with E-state index in [1.165, 1.54) is 0 Å². The van der Waals surface area contributed by atoms with Crippen molar-refractivity contribution in [2.75, 3.05) is 19.2 Å². The summed E-state index contributed by atoms with van der Waals surface area (Å²) in [6, 6.07) is 17.4. The molecule has 2 heterocycles. The van der Waals surface area contributed by atoms with Crippen LogP contribution in [-0.2, 0) is 11.9 Å². The minimum Gasteiger partial charge on any atom is -0.492 e. The van der Waals surface area contributed by atoms with E-state index in [-0.39, 0.29) is 11.6 Å². The molecule has 1 unspecified atom stereocenters. The number of fused-ring (bicyclic) bond motifs is 1. The van der Waals surface area contributed by atoms with Crippen molar-refractivity contribution in [1.82, 2.24) is 19.1 Å². The Bertz CT molecular complexity index is 1300. The molecule has 0 amide bonds. The van der Waals surface area contributed by atoms with Crippen LogP contribution in [0.5, 0.6) is 5.75 Å². The maximum absolute atomic E-state index is 11.7. The molecule has 2 aromatic carbocycles. The molecule has 34 heavy (non-hydrogen) atoms. The van der Waals surface area contributed by atoms with Crippen LogP contribution in [0.3, 0.4) is 0 Å². The lowest BCUT2D eigenvalue weighted by atomic mass is 10.1. The number of nitrogens with zero attached hydrogens (tertiary/aromatic N) is 3. The standard InChI is InChI=1S/C25H29N5O3S/c1-17(2)23(28-34-22-9-5-19(6-10-22)27-32-4)16-33-21-8-11-24-18(13-21)14-26-30(24)20-7-12-25(31)29(3)15-20/h5-15,17,23,27-28H,16H2,1-4H3. The Morgan fingerprint density at radius 3 is 2.59 bits per heavy atom. The van der Waals surface area contributed by atoms with Crippen LogP contribution in [0.15, 0.2) is 76.7 Å². The number of nitrogens with one attached hydrogen (secondary N) is 2. The summed E-state index contributed by atoms with van der Waals surface area (Å²) in [6.07, 6.45) is 3.58. The lowest BCUT2D eigenvalue weighted by Gasteiger charge is -2.22. The number of hydrogen-bond donors (Lipinski definition) is 2. The van der Waals surface area contributed by atoms with E-state index in [9.17, 15) is 4.79 Å². The van der Waals surface area contributed by atoms with Gasteiger partial charge in [-0.2, -0.15) is 5.10 Å². The minimum absolute atomic E-state index is 0.0532. The van der Waals surface area contributed by atoms with Gasteiger partial charge in [-0.3, -0.25) is 19.8 Å². The highest BCUT2D eigenvalue weighted by Crippen LogP contribution is 2.24. The van der Waals surface area contributed by atoms with Crippen LogP contribution >= 0.6 is 11.9 Å². The number of hydrogen-bond acceptors (Lipinski definition) is 7. The average Bonchev–Trinajstić information content (AvgIpc) is 3.25. The van der Waals surface area contributed by atoms with Crippen LogP contribution in [0, 0.1) is 5.92 Å². The molecule has 0 fully saturated rings. The van der Waals surface area contributed by atoms with Gasteiger partial charge in [-0.15, -0.1) is 0 Å². The number of rotatable bonds is 10. The van der Waals surface area contributed by atoms with Crippen molar-refractivity contribution in [3.63, 3.8) is 0 Å². The SMILES string of the molecule is CONc1ccc(SNC(COc2ccc3c(cnn3-c3ccc(=O)n(C)c3)c2)C(C)C)cc1. The zero-order valence-corrected chi connectivity index (χ0v) is 20.5. The van der Waals surface area contributed by atoms with E-state index in [0.29, 0.717) is 12.5 Å². The summed E-state index contributed by atoms with van der Waals surface area (Å²) in [7, 11) is 3.32. The van der Waals surface area contributed by atoms with Gasteiger partial charge in [0.25, 0.3) is 0 Å². The van der Waals surface area contributed by atoms with E-state index in [1.807, 2.05) is 53.3 Å². The molecule has 2 aromatic heterocycles. The molecule has 178 valence electrons. The molecule has 4 aromatic rings. The highest BCUT2D eigenvalue weighted by molar-refractivity contribution is 7.97. The van der Waals surface area contributed by atoms with Crippen molar-refractivity contribution < 1.29 is 9.57 Å². The Morgan fingerprint density at radius 2 is 1.88 bits per heavy atom. The van der Waals surface area contributed by atoms with E-state index in [4.69, 9.17) is 9.57 Å². The van der Waals surface area contributed by atoms with Gasteiger partial charge in [-0.25, -0.2) is 4.68 Å². The smallest absolute Gasteiger partial charge is 0.250 e. The Balaban J connectivity index is 1.40. The molecule has 8 nitrogen and oxygen atoms in total. The zero-order chi connectivity index (χ0) is 24.1. The van der Waals surface area contributed by atoms with Gasteiger partial charge in [-0.05, 0) is 66.4 Å². The molecule has 0 aliphatic heterocycles. The molecular weight excluding hydrogens is 450 g/mol. The predicted octanol–water partition coefficient (Wildman–Crippen LogP) is 4.40. The molecule has 0 saturated heterocycles.